The lowest BCUT2D eigenvalue weighted by Crippen LogP contribution is -2.35. The van der Waals surface area contributed by atoms with Gasteiger partial charge in [-0.1, -0.05) is 22.0 Å². The van der Waals surface area contributed by atoms with Gasteiger partial charge in [-0.3, -0.25) is 0 Å². The molecule has 1 aromatic rings. The maximum Gasteiger partial charge on any atom is 0.408 e. The van der Waals surface area contributed by atoms with E-state index in [1.807, 2.05) is 0 Å². The minimum Gasteiger partial charge on any atom is -0.444 e. The molecule has 0 saturated heterocycles. The summed E-state index contributed by atoms with van der Waals surface area (Å²) in [7, 11) is 0. The summed E-state index contributed by atoms with van der Waals surface area (Å²) in [4.78, 5) is 22.5. The second kappa shape index (κ2) is 6.83. The van der Waals surface area contributed by atoms with Crippen LogP contribution in [0.5, 0.6) is 0 Å². The van der Waals surface area contributed by atoms with Crippen LogP contribution in [0.4, 0.5) is 9.18 Å². The smallest absolute Gasteiger partial charge is 0.408 e. The van der Waals surface area contributed by atoms with Crippen molar-refractivity contribution in [1.29, 1.82) is 0 Å². The number of aldehydes is 1. The highest BCUT2D eigenvalue weighted by atomic mass is 79.9. The highest BCUT2D eigenvalue weighted by molar-refractivity contribution is 9.10. The maximum atomic E-state index is 13.9. The zero-order chi connectivity index (χ0) is 15.3. The molecule has 0 spiro atoms. The quantitative estimate of drug-likeness (QED) is 0.845. The molecule has 0 aliphatic heterocycles. The molecule has 4 nitrogen and oxygen atoms in total. The topological polar surface area (TPSA) is 55.4 Å². The number of amides is 1. The molecule has 0 saturated carbocycles. The first-order valence-corrected chi connectivity index (χ1v) is 6.91. The Morgan fingerprint density at radius 1 is 1.50 bits per heavy atom. The molecule has 6 heteroatoms. The molecular formula is C14H17BrFNO3. The molecule has 110 valence electrons. The molecule has 0 fully saturated rings. The fourth-order valence-electron chi connectivity index (χ4n) is 1.64. The number of halogens is 2. The van der Waals surface area contributed by atoms with Gasteiger partial charge in [0.25, 0.3) is 0 Å². The summed E-state index contributed by atoms with van der Waals surface area (Å²) in [6, 6.07) is 3.67. The van der Waals surface area contributed by atoms with Gasteiger partial charge in [0.05, 0.1) is 6.04 Å². The van der Waals surface area contributed by atoms with Crippen LogP contribution >= 0.6 is 15.9 Å². The second-order valence-electron chi connectivity index (χ2n) is 5.24. The number of nitrogens with one attached hydrogen (secondary N) is 1. The number of carbonyl (C=O) groups excluding carboxylic acids is 2. The van der Waals surface area contributed by atoms with E-state index in [1.54, 1.807) is 26.8 Å². The lowest BCUT2D eigenvalue weighted by Gasteiger charge is -2.23. The van der Waals surface area contributed by atoms with Crippen molar-refractivity contribution in [1.82, 2.24) is 5.32 Å². The van der Waals surface area contributed by atoms with Gasteiger partial charge in [-0.2, -0.15) is 0 Å². The van der Waals surface area contributed by atoms with Crippen LogP contribution in [0.15, 0.2) is 22.7 Å². The van der Waals surface area contributed by atoms with E-state index in [0.717, 1.165) is 0 Å². The monoisotopic (exact) mass is 345 g/mol. The minimum atomic E-state index is -0.780. The van der Waals surface area contributed by atoms with Gasteiger partial charge in [-0.05, 0) is 32.9 Å². The summed E-state index contributed by atoms with van der Waals surface area (Å²) in [6.07, 6.45) is -0.112. The molecule has 0 unspecified atom stereocenters. The predicted molar refractivity (Wildman–Crippen MR) is 76.9 cm³/mol. The average molecular weight is 346 g/mol. The van der Waals surface area contributed by atoms with Gasteiger partial charge in [-0.15, -0.1) is 0 Å². The number of hydrogen-bond donors (Lipinski definition) is 1. The minimum absolute atomic E-state index is 0.0429. The zero-order valence-corrected chi connectivity index (χ0v) is 13.2. The summed E-state index contributed by atoms with van der Waals surface area (Å²) >= 11 is 3.22. The van der Waals surface area contributed by atoms with Gasteiger partial charge in [-0.25, -0.2) is 9.18 Å². The lowest BCUT2D eigenvalue weighted by molar-refractivity contribution is -0.108. The van der Waals surface area contributed by atoms with E-state index >= 15 is 0 Å². The molecule has 1 aromatic carbocycles. The fraction of sp³-hybridized carbons (Fsp3) is 0.429. The third-order valence-corrected chi connectivity index (χ3v) is 3.06. The van der Waals surface area contributed by atoms with Gasteiger partial charge in [0.2, 0.25) is 0 Å². The van der Waals surface area contributed by atoms with Gasteiger partial charge in [0.1, 0.15) is 17.7 Å². The number of rotatable bonds is 4. The van der Waals surface area contributed by atoms with Crippen molar-refractivity contribution in [3.05, 3.63) is 34.1 Å². The molecule has 0 radical (unpaired) electrons. The summed E-state index contributed by atoms with van der Waals surface area (Å²) in [5.74, 6) is -0.498. The van der Waals surface area contributed by atoms with Gasteiger partial charge < -0.3 is 14.8 Å². The molecule has 0 aliphatic rings. The van der Waals surface area contributed by atoms with Crippen LogP contribution in [0.2, 0.25) is 0 Å². The van der Waals surface area contributed by atoms with Crippen molar-refractivity contribution in [3.8, 4) is 0 Å². The second-order valence-corrected chi connectivity index (χ2v) is 6.09. The van der Waals surface area contributed by atoms with E-state index in [0.29, 0.717) is 10.8 Å². The Labute approximate surface area is 125 Å². The Balaban J connectivity index is 2.95. The Morgan fingerprint density at radius 3 is 2.65 bits per heavy atom. The van der Waals surface area contributed by atoms with Crippen molar-refractivity contribution in [2.75, 3.05) is 0 Å². The van der Waals surface area contributed by atoms with Crippen molar-refractivity contribution in [3.63, 3.8) is 0 Å². The molecule has 1 rings (SSSR count). The first-order valence-electron chi connectivity index (χ1n) is 6.11. The number of benzene rings is 1. The lowest BCUT2D eigenvalue weighted by atomic mass is 10.0. The van der Waals surface area contributed by atoms with Crippen LogP contribution in [-0.4, -0.2) is 18.0 Å². The molecule has 0 aliphatic carbocycles. The number of alkyl carbamates (subject to hydrolysis) is 1. The SMILES string of the molecule is CC(C)(C)OC(=O)N[C@H](CC=O)c1c(F)cccc1Br. The molecule has 1 amide bonds. The van der Waals surface area contributed by atoms with E-state index in [9.17, 15) is 14.0 Å². The van der Waals surface area contributed by atoms with Gasteiger partial charge in [0, 0.05) is 16.5 Å². The Kier molecular flexibility index (Phi) is 5.68. The standard InChI is InChI=1S/C14H17BrFNO3/c1-14(2,3)20-13(19)17-11(7-8-18)12-9(15)5-4-6-10(12)16/h4-6,8,11H,7H2,1-3H3,(H,17,19)/t11-/m1/s1. The molecule has 0 heterocycles. The first-order chi connectivity index (χ1) is 9.24. The molecule has 1 N–H and O–H groups in total. The van der Waals surface area contributed by atoms with Crippen LogP contribution < -0.4 is 5.32 Å². The number of hydrogen-bond acceptors (Lipinski definition) is 3. The van der Waals surface area contributed by atoms with Crippen molar-refractivity contribution in [2.24, 2.45) is 0 Å². The highest BCUT2D eigenvalue weighted by Gasteiger charge is 2.23. The van der Waals surface area contributed by atoms with E-state index in [2.05, 4.69) is 21.2 Å². The predicted octanol–water partition coefficient (Wildman–Crippen LogP) is 3.74. The summed E-state index contributed by atoms with van der Waals surface area (Å²) in [5, 5.41) is 2.51. The molecule has 1 atom stereocenters. The Morgan fingerprint density at radius 2 is 2.15 bits per heavy atom. The van der Waals surface area contributed by atoms with Crippen LogP contribution in [0.1, 0.15) is 38.8 Å². The highest BCUT2D eigenvalue weighted by Crippen LogP contribution is 2.28. The van der Waals surface area contributed by atoms with Crippen LogP contribution in [0, 0.1) is 5.82 Å². The van der Waals surface area contributed by atoms with E-state index in [4.69, 9.17) is 4.74 Å². The largest absolute Gasteiger partial charge is 0.444 e. The maximum absolute atomic E-state index is 13.9. The van der Waals surface area contributed by atoms with Gasteiger partial charge >= 0.3 is 6.09 Å². The number of ether oxygens (including phenoxy) is 1. The molecule has 0 bridgehead atoms. The normalized spacial score (nSPS) is 12.7. The summed E-state index contributed by atoms with van der Waals surface area (Å²) in [6.45, 7) is 5.17. The third-order valence-electron chi connectivity index (χ3n) is 2.37. The van der Waals surface area contributed by atoms with Crippen molar-refractivity contribution < 1.29 is 18.7 Å². The van der Waals surface area contributed by atoms with Crippen LogP contribution in [0.25, 0.3) is 0 Å². The fourth-order valence-corrected chi connectivity index (χ4v) is 2.26. The average Bonchev–Trinajstić information content (AvgIpc) is 2.26. The first kappa shape index (κ1) is 16.6. The molecule has 0 aromatic heterocycles. The zero-order valence-electron chi connectivity index (χ0n) is 11.6. The summed E-state index contributed by atoms with van der Waals surface area (Å²) < 4.78 is 19.5. The summed E-state index contributed by atoms with van der Waals surface area (Å²) in [5.41, 5.74) is -0.437. The Bertz CT molecular complexity index is 479. The Hall–Kier alpha value is -1.43. The van der Waals surface area contributed by atoms with Crippen LogP contribution in [0.3, 0.4) is 0 Å². The van der Waals surface area contributed by atoms with Crippen molar-refractivity contribution >= 4 is 28.3 Å². The third kappa shape index (κ3) is 4.92. The van der Waals surface area contributed by atoms with E-state index in [1.165, 1.54) is 12.1 Å². The van der Waals surface area contributed by atoms with Crippen molar-refractivity contribution in [2.45, 2.75) is 38.8 Å². The number of carbonyl (C=O) groups is 2. The van der Waals surface area contributed by atoms with E-state index in [-0.39, 0.29) is 12.0 Å². The van der Waals surface area contributed by atoms with E-state index < -0.39 is 23.6 Å². The molecule has 20 heavy (non-hydrogen) atoms. The molecular weight excluding hydrogens is 329 g/mol. The van der Waals surface area contributed by atoms with Crippen LogP contribution in [-0.2, 0) is 9.53 Å². The van der Waals surface area contributed by atoms with Gasteiger partial charge in [0.15, 0.2) is 0 Å².